The van der Waals surface area contributed by atoms with Crippen LogP contribution in [-0.4, -0.2) is 26.2 Å². The Kier molecular flexibility index (Phi) is 14.7. The molecule has 1 aromatic heterocycles. The van der Waals surface area contributed by atoms with Crippen molar-refractivity contribution in [2.75, 3.05) is 26.2 Å². The van der Waals surface area contributed by atoms with Gasteiger partial charge in [0.15, 0.2) is 0 Å². The average molecular weight is 363 g/mol. The summed E-state index contributed by atoms with van der Waals surface area (Å²) < 4.78 is 0. The van der Waals surface area contributed by atoms with Crippen molar-refractivity contribution in [1.82, 2.24) is 10.6 Å². The van der Waals surface area contributed by atoms with Gasteiger partial charge in [0.25, 0.3) is 0 Å². The van der Waals surface area contributed by atoms with Gasteiger partial charge in [0.05, 0.1) is 0 Å². The van der Waals surface area contributed by atoms with Gasteiger partial charge in [0, 0.05) is 22.8 Å². The first-order valence-corrected chi connectivity index (χ1v) is 10.9. The van der Waals surface area contributed by atoms with E-state index in [1.165, 1.54) is 64.2 Å². The van der Waals surface area contributed by atoms with Gasteiger partial charge in [-0.15, -0.1) is 24.5 Å². The second-order valence-corrected chi connectivity index (χ2v) is 7.93. The van der Waals surface area contributed by atoms with Crippen molar-refractivity contribution >= 4 is 11.3 Å². The van der Waals surface area contributed by atoms with E-state index in [2.05, 4.69) is 35.9 Å². The summed E-state index contributed by atoms with van der Waals surface area (Å²) in [7, 11) is 0. The SMILES string of the molecule is C=CCNCCCCCCCCc1ccc(CCCCNCC=C)s1. The number of nitrogens with one attached hydrogen (secondary N) is 2. The summed E-state index contributed by atoms with van der Waals surface area (Å²) in [6.07, 6.45) is 17.0. The van der Waals surface area contributed by atoms with Crippen LogP contribution in [0.5, 0.6) is 0 Å². The van der Waals surface area contributed by atoms with Crippen molar-refractivity contribution < 1.29 is 0 Å². The highest BCUT2D eigenvalue weighted by atomic mass is 32.1. The van der Waals surface area contributed by atoms with Crippen LogP contribution in [0.4, 0.5) is 0 Å². The van der Waals surface area contributed by atoms with Gasteiger partial charge in [-0.25, -0.2) is 0 Å². The third-order valence-corrected chi connectivity index (χ3v) is 5.55. The van der Waals surface area contributed by atoms with Crippen molar-refractivity contribution in [3.63, 3.8) is 0 Å². The molecule has 0 aliphatic heterocycles. The Morgan fingerprint density at radius 2 is 1.12 bits per heavy atom. The highest BCUT2D eigenvalue weighted by Crippen LogP contribution is 2.21. The first-order chi connectivity index (χ1) is 12.4. The van der Waals surface area contributed by atoms with Gasteiger partial charge in [-0.05, 0) is 63.7 Å². The highest BCUT2D eigenvalue weighted by Gasteiger charge is 2.01. The van der Waals surface area contributed by atoms with Crippen LogP contribution >= 0.6 is 11.3 Å². The van der Waals surface area contributed by atoms with Crippen molar-refractivity contribution in [1.29, 1.82) is 0 Å². The molecule has 0 aliphatic carbocycles. The molecule has 0 aliphatic rings. The second kappa shape index (κ2) is 16.6. The summed E-state index contributed by atoms with van der Waals surface area (Å²) in [5.41, 5.74) is 0. The molecule has 0 fully saturated rings. The fourth-order valence-electron chi connectivity index (χ4n) is 2.90. The molecule has 0 saturated carbocycles. The Balaban J connectivity index is 1.93. The Hall–Kier alpha value is -0.900. The molecule has 0 unspecified atom stereocenters. The van der Waals surface area contributed by atoms with E-state index >= 15 is 0 Å². The lowest BCUT2D eigenvalue weighted by Crippen LogP contribution is -2.14. The van der Waals surface area contributed by atoms with E-state index < -0.39 is 0 Å². The van der Waals surface area contributed by atoms with Crippen LogP contribution in [0, 0.1) is 0 Å². The topological polar surface area (TPSA) is 24.1 Å². The van der Waals surface area contributed by atoms with E-state index in [0.717, 1.165) is 26.2 Å². The molecule has 0 aromatic carbocycles. The third-order valence-electron chi connectivity index (χ3n) is 4.35. The quantitative estimate of drug-likeness (QED) is 0.266. The van der Waals surface area contributed by atoms with Crippen molar-refractivity contribution in [3.05, 3.63) is 47.2 Å². The molecular weight excluding hydrogens is 324 g/mol. The average Bonchev–Trinajstić information content (AvgIpc) is 3.07. The summed E-state index contributed by atoms with van der Waals surface area (Å²) in [6, 6.07) is 4.69. The maximum atomic E-state index is 3.72. The molecule has 3 heteroatoms. The van der Waals surface area contributed by atoms with Crippen molar-refractivity contribution in [2.24, 2.45) is 0 Å². The van der Waals surface area contributed by atoms with Gasteiger partial charge >= 0.3 is 0 Å². The van der Waals surface area contributed by atoms with Crippen LogP contribution in [0.3, 0.4) is 0 Å². The first-order valence-electron chi connectivity index (χ1n) is 10.1. The molecule has 0 saturated heterocycles. The third kappa shape index (κ3) is 13.0. The molecule has 0 atom stereocenters. The predicted octanol–water partition coefficient (Wildman–Crippen LogP) is 5.51. The zero-order chi connectivity index (χ0) is 18.0. The summed E-state index contributed by atoms with van der Waals surface area (Å²) in [6.45, 7) is 11.5. The minimum Gasteiger partial charge on any atom is -0.313 e. The fraction of sp³-hybridized carbons (Fsp3) is 0.636. The molecule has 142 valence electrons. The maximum absolute atomic E-state index is 3.72. The van der Waals surface area contributed by atoms with Gasteiger partial charge < -0.3 is 10.6 Å². The lowest BCUT2D eigenvalue weighted by molar-refractivity contribution is 0.577. The molecule has 0 bridgehead atoms. The number of aryl methyl sites for hydroxylation is 2. The molecule has 1 heterocycles. The van der Waals surface area contributed by atoms with Crippen LogP contribution in [0.2, 0.25) is 0 Å². The largest absolute Gasteiger partial charge is 0.313 e. The van der Waals surface area contributed by atoms with Crippen LogP contribution in [-0.2, 0) is 12.8 Å². The van der Waals surface area contributed by atoms with Gasteiger partial charge in [-0.1, -0.05) is 37.8 Å². The zero-order valence-electron chi connectivity index (χ0n) is 16.0. The monoisotopic (exact) mass is 362 g/mol. The molecule has 0 radical (unpaired) electrons. The summed E-state index contributed by atoms with van der Waals surface area (Å²) in [4.78, 5) is 3.14. The Bertz CT molecular complexity index is 439. The smallest absolute Gasteiger partial charge is 0.0132 e. The predicted molar refractivity (Wildman–Crippen MR) is 115 cm³/mol. The second-order valence-electron chi connectivity index (χ2n) is 6.68. The number of hydrogen-bond acceptors (Lipinski definition) is 3. The first kappa shape index (κ1) is 22.1. The lowest BCUT2D eigenvalue weighted by atomic mass is 10.1. The van der Waals surface area contributed by atoms with Crippen LogP contribution in [0.1, 0.15) is 61.1 Å². The minimum absolute atomic E-state index is 0.926. The van der Waals surface area contributed by atoms with Crippen molar-refractivity contribution in [3.8, 4) is 0 Å². The molecule has 25 heavy (non-hydrogen) atoms. The number of thiophene rings is 1. The van der Waals surface area contributed by atoms with Gasteiger partial charge in [-0.2, -0.15) is 0 Å². The van der Waals surface area contributed by atoms with Crippen LogP contribution in [0.15, 0.2) is 37.4 Å². The number of rotatable bonds is 18. The summed E-state index contributed by atoms with van der Waals surface area (Å²) >= 11 is 2.03. The van der Waals surface area contributed by atoms with E-state index in [9.17, 15) is 0 Å². The van der Waals surface area contributed by atoms with Gasteiger partial charge in [-0.3, -0.25) is 0 Å². The Morgan fingerprint density at radius 3 is 1.68 bits per heavy atom. The van der Waals surface area contributed by atoms with E-state index in [4.69, 9.17) is 0 Å². The lowest BCUT2D eigenvalue weighted by Gasteiger charge is -2.02. The molecule has 0 amide bonds. The number of hydrogen-bond donors (Lipinski definition) is 2. The van der Waals surface area contributed by atoms with Crippen LogP contribution < -0.4 is 10.6 Å². The number of unbranched alkanes of at least 4 members (excludes halogenated alkanes) is 6. The normalized spacial score (nSPS) is 10.9. The van der Waals surface area contributed by atoms with E-state index in [0.29, 0.717) is 0 Å². The Labute approximate surface area is 159 Å². The van der Waals surface area contributed by atoms with Gasteiger partial charge in [0.1, 0.15) is 0 Å². The van der Waals surface area contributed by atoms with Crippen LogP contribution in [0.25, 0.3) is 0 Å². The van der Waals surface area contributed by atoms with E-state index in [-0.39, 0.29) is 0 Å². The van der Waals surface area contributed by atoms with Gasteiger partial charge in [0.2, 0.25) is 0 Å². The maximum Gasteiger partial charge on any atom is 0.0132 e. The molecule has 2 nitrogen and oxygen atoms in total. The molecule has 1 rings (SSSR count). The molecular formula is C22H38N2S. The van der Waals surface area contributed by atoms with E-state index in [1.54, 1.807) is 9.75 Å². The molecule has 1 aromatic rings. The molecule has 0 spiro atoms. The van der Waals surface area contributed by atoms with E-state index in [1.807, 2.05) is 23.5 Å². The summed E-state index contributed by atoms with van der Waals surface area (Å²) in [5.74, 6) is 0. The molecule has 2 N–H and O–H groups in total. The fourth-order valence-corrected chi connectivity index (χ4v) is 4.01. The minimum atomic E-state index is 0.926. The standard InChI is InChI=1S/C22H38N2S/c1-3-17-23-19-11-8-6-5-7-9-13-21-15-16-22(25-21)14-10-12-20-24-18-4-2/h3-4,15-16,23-24H,1-2,5-14,17-20H2. The highest BCUT2D eigenvalue weighted by molar-refractivity contribution is 7.11. The Morgan fingerprint density at radius 1 is 0.680 bits per heavy atom. The van der Waals surface area contributed by atoms with Crippen molar-refractivity contribution in [2.45, 2.75) is 64.2 Å². The zero-order valence-corrected chi connectivity index (χ0v) is 16.8. The summed E-state index contributed by atoms with van der Waals surface area (Å²) in [5, 5.41) is 6.73.